The van der Waals surface area contributed by atoms with Crippen LogP contribution in [0.3, 0.4) is 0 Å². The molecule has 0 spiro atoms. The molecule has 0 aliphatic carbocycles. The van der Waals surface area contributed by atoms with Crippen molar-refractivity contribution in [2.45, 2.75) is 6.92 Å². The van der Waals surface area contributed by atoms with Crippen LogP contribution < -0.4 is 10.1 Å². The van der Waals surface area contributed by atoms with Crippen molar-refractivity contribution in [2.75, 3.05) is 32.2 Å². The summed E-state index contributed by atoms with van der Waals surface area (Å²) in [6, 6.07) is 13.5. The zero-order valence-corrected chi connectivity index (χ0v) is 14.3. The van der Waals surface area contributed by atoms with Gasteiger partial charge < -0.3 is 19.5 Å². The van der Waals surface area contributed by atoms with Crippen molar-refractivity contribution in [3.05, 3.63) is 59.7 Å². The molecule has 0 saturated carbocycles. The van der Waals surface area contributed by atoms with E-state index >= 15 is 0 Å². The van der Waals surface area contributed by atoms with Crippen molar-refractivity contribution in [2.24, 2.45) is 0 Å². The van der Waals surface area contributed by atoms with E-state index in [1.165, 1.54) is 13.2 Å². The van der Waals surface area contributed by atoms with Crippen molar-refractivity contribution < 1.29 is 23.8 Å². The van der Waals surface area contributed by atoms with Crippen molar-refractivity contribution in [3.8, 4) is 5.75 Å². The second-order valence-electron chi connectivity index (χ2n) is 5.07. The van der Waals surface area contributed by atoms with Gasteiger partial charge in [0.15, 0.2) is 0 Å². The number of carbonyl (C=O) groups is 2. The van der Waals surface area contributed by atoms with E-state index in [1.54, 1.807) is 36.4 Å². The van der Waals surface area contributed by atoms with Gasteiger partial charge in [0.1, 0.15) is 12.4 Å². The maximum Gasteiger partial charge on any atom is 0.337 e. The first-order chi connectivity index (χ1) is 12.2. The number of hydrogen-bond donors (Lipinski definition) is 1. The molecular formula is C19H21NO5. The number of hydrogen-bond acceptors (Lipinski definition) is 5. The molecule has 2 rings (SSSR count). The normalized spacial score (nSPS) is 10.2. The number of rotatable bonds is 8. The molecule has 0 unspecified atom stereocenters. The molecule has 2 aromatic carbocycles. The Morgan fingerprint density at radius 1 is 1.00 bits per heavy atom. The Balaban J connectivity index is 2.09. The fourth-order valence-electron chi connectivity index (χ4n) is 2.15. The summed E-state index contributed by atoms with van der Waals surface area (Å²) in [7, 11) is 1.30. The summed E-state index contributed by atoms with van der Waals surface area (Å²) in [6.07, 6.45) is 0. The number of anilines is 1. The highest BCUT2D eigenvalue weighted by atomic mass is 16.5. The SMILES string of the molecule is CCOCCOc1ccccc1NC(=O)c1cccc(C(=O)OC)c1. The molecule has 0 atom stereocenters. The Bertz CT molecular complexity index is 729. The average Bonchev–Trinajstić information content (AvgIpc) is 2.65. The number of amides is 1. The molecule has 6 heteroatoms. The van der Waals surface area contributed by atoms with Gasteiger partial charge in [-0.2, -0.15) is 0 Å². The predicted octanol–water partition coefficient (Wildman–Crippen LogP) is 3.14. The van der Waals surface area contributed by atoms with Gasteiger partial charge in [-0.15, -0.1) is 0 Å². The van der Waals surface area contributed by atoms with Gasteiger partial charge in [0.25, 0.3) is 5.91 Å². The van der Waals surface area contributed by atoms with Crippen molar-refractivity contribution >= 4 is 17.6 Å². The Hall–Kier alpha value is -2.86. The Labute approximate surface area is 146 Å². The second kappa shape index (κ2) is 9.44. The van der Waals surface area contributed by atoms with Crippen LogP contribution in [0.1, 0.15) is 27.6 Å². The first-order valence-electron chi connectivity index (χ1n) is 7.95. The number of benzene rings is 2. The molecule has 0 aliphatic heterocycles. The van der Waals surface area contributed by atoms with Crippen LogP contribution in [-0.2, 0) is 9.47 Å². The summed E-state index contributed by atoms with van der Waals surface area (Å²) >= 11 is 0. The first-order valence-corrected chi connectivity index (χ1v) is 7.95. The molecule has 25 heavy (non-hydrogen) atoms. The monoisotopic (exact) mass is 343 g/mol. The lowest BCUT2D eigenvalue weighted by Gasteiger charge is -2.12. The smallest absolute Gasteiger partial charge is 0.337 e. The van der Waals surface area contributed by atoms with Crippen LogP contribution in [0.25, 0.3) is 0 Å². The molecule has 0 saturated heterocycles. The van der Waals surface area contributed by atoms with Crippen LogP contribution in [0.4, 0.5) is 5.69 Å². The average molecular weight is 343 g/mol. The zero-order valence-electron chi connectivity index (χ0n) is 14.3. The van der Waals surface area contributed by atoms with Crippen LogP contribution in [0.15, 0.2) is 48.5 Å². The highest BCUT2D eigenvalue weighted by molar-refractivity contribution is 6.06. The highest BCUT2D eigenvalue weighted by Gasteiger charge is 2.12. The minimum Gasteiger partial charge on any atom is -0.489 e. The summed E-state index contributed by atoms with van der Waals surface area (Å²) in [5, 5.41) is 2.80. The van der Waals surface area contributed by atoms with E-state index in [-0.39, 0.29) is 5.91 Å². The van der Waals surface area contributed by atoms with Gasteiger partial charge in [0, 0.05) is 12.2 Å². The predicted molar refractivity (Wildman–Crippen MR) is 94.2 cm³/mol. The van der Waals surface area contributed by atoms with E-state index in [9.17, 15) is 9.59 Å². The van der Waals surface area contributed by atoms with Gasteiger partial charge in [-0.05, 0) is 37.3 Å². The number of esters is 1. The molecule has 2 aromatic rings. The Morgan fingerprint density at radius 2 is 1.76 bits per heavy atom. The van der Waals surface area contributed by atoms with Gasteiger partial charge in [-0.3, -0.25) is 4.79 Å². The van der Waals surface area contributed by atoms with Gasteiger partial charge in [-0.1, -0.05) is 18.2 Å². The Morgan fingerprint density at radius 3 is 2.52 bits per heavy atom. The number of ether oxygens (including phenoxy) is 3. The van der Waals surface area contributed by atoms with E-state index in [1.807, 2.05) is 13.0 Å². The first kappa shape index (κ1) is 18.5. The molecular weight excluding hydrogens is 322 g/mol. The lowest BCUT2D eigenvalue weighted by Crippen LogP contribution is -2.15. The lowest BCUT2D eigenvalue weighted by atomic mass is 10.1. The van der Waals surface area contributed by atoms with E-state index in [4.69, 9.17) is 9.47 Å². The molecule has 0 bridgehead atoms. The standard InChI is InChI=1S/C19H21NO5/c1-3-24-11-12-25-17-10-5-4-9-16(17)20-18(21)14-7-6-8-15(13-14)19(22)23-2/h4-10,13H,3,11-12H2,1-2H3,(H,20,21). The third kappa shape index (κ3) is 5.32. The highest BCUT2D eigenvalue weighted by Crippen LogP contribution is 2.24. The molecule has 0 heterocycles. The molecule has 1 N–H and O–H groups in total. The fraction of sp³-hybridized carbons (Fsp3) is 0.263. The summed E-state index contributed by atoms with van der Waals surface area (Å²) in [5.41, 5.74) is 1.22. The maximum absolute atomic E-state index is 12.5. The van der Waals surface area contributed by atoms with Crippen molar-refractivity contribution in [3.63, 3.8) is 0 Å². The third-order valence-electron chi connectivity index (χ3n) is 3.37. The summed E-state index contributed by atoms with van der Waals surface area (Å²) in [4.78, 5) is 24.0. The minimum absolute atomic E-state index is 0.316. The summed E-state index contributed by atoms with van der Waals surface area (Å²) < 4.78 is 15.5. The maximum atomic E-state index is 12.5. The molecule has 0 aromatic heterocycles. The number of para-hydroxylation sites is 2. The number of carbonyl (C=O) groups excluding carboxylic acids is 2. The molecule has 132 valence electrons. The number of methoxy groups -OCH3 is 1. The largest absolute Gasteiger partial charge is 0.489 e. The van der Waals surface area contributed by atoms with Gasteiger partial charge in [0.05, 0.1) is 25.0 Å². The van der Waals surface area contributed by atoms with Crippen LogP contribution in [-0.4, -0.2) is 38.8 Å². The van der Waals surface area contributed by atoms with Crippen LogP contribution >= 0.6 is 0 Å². The molecule has 0 aliphatic rings. The molecule has 0 radical (unpaired) electrons. The molecule has 6 nitrogen and oxygen atoms in total. The van der Waals surface area contributed by atoms with E-state index in [0.29, 0.717) is 42.4 Å². The van der Waals surface area contributed by atoms with Gasteiger partial charge in [-0.25, -0.2) is 4.79 Å². The number of nitrogens with one attached hydrogen (secondary N) is 1. The zero-order chi connectivity index (χ0) is 18.1. The van der Waals surface area contributed by atoms with Gasteiger partial charge in [0.2, 0.25) is 0 Å². The van der Waals surface area contributed by atoms with Crippen LogP contribution in [0.2, 0.25) is 0 Å². The van der Waals surface area contributed by atoms with Crippen LogP contribution in [0.5, 0.6) is 5.75 Å². The second-order valence-corrected chi connectivity index (χ2v) is 5.07. The molecule has 0 fully saturated rings. The van der Waals surface area contributed by atoms with Crippen molar-refractivity contribution in [1.29, 1.82) is 0 Å². The van der Waals surface area contributed by atoms with Gasteiger partial charge >= 0.3 is 5.97 Å². The topological polar surface area (TPSA) is 73.9 Å². The lowest BCUT2D eigenvalue weighted by molar-refractivity contribution is 0.0600. The Kier molecular flexibility index (Phi) is 6.98. The fourth-order valence-corrected chi connectivity index (χ4v) is 2.15. The quantitative estimate of drug-likeness (QED) is 0.589. The van der Waals surface area contributed by atoms with E-state index in [0.717, 1.165) is 0 Å². The molecule has 1 amide bonds. The van der Waals surface area contributed by atoms with E-state index < -0.39 is 5.97 Å². The summed E-state index contributed by atoms with van der Waals surface area (Å²) in [6.45, 7) is 3.40. The minimum atomic E-state index is -0.491. The third-order valence-corrected chi connectivity index (χ3v) is 3.37. The van der Waals surface area contributed by atoms with Crippen molar-refractivity contribution in [1.82, 2.24) is 0 Å². The van der Waals surface area contributed by atoms with Crippen LogP contribution in [0, 0.1) is 0 Å². The van der Waals surface area contributed by atoms with E-state index in [2.05, 4.69) is 10.1 Å². The summed E-state index contributed by atoms with van der Waals surface area (Å²) in [5.74, 6) is -0.277.